The Bertz CT molecular complexity index is 525. The van der Waals surface area contributed by atoms with Gasteiger partial charge in [-0.15, -0.1) is 0 Å². The lowest BCUT2D eigenvalue weighted by Gasteiger charge is -2.06. The molecule has 2 heterocycles. The van der Waals surface area contributed by atoms with Crippen LogP contribution in [0.4, 0.5) is 0 Å². The highest BCUT2D eigenvalue weighted by molar-refractivity contribution is 7.99. The standard InChI is InChI=1S/C12H13ClN2OS/c1-7(2)12-14-10(13)6-11(15-12)17-9-4-5-16-8(9)3/h4-7H,1-3H3. The summed E-state index contributed by atoms with van der Waals surface area (Å²) < 4.78 is 5.25. The van der Waals surface area contributed by atoms with Gasteiger partial charge in [-0.25, -0.2) is 9.97 Å². The van der Waals surface area contributed by atoms with Crippen molar-refractivity contribution in [1.82, 2.24) is 9.97 Å². The van der Waals surface area contributed by atoms with Crippen LogP contribution in [0.2, 0.25) is 5.15 Å². The first-order chi connectivity index (χ1) is 8.06. The van der Waals surface area contributed by atoms with Crippen LogP contribution in [-0.4, -0.2) is 9.97 Å². The van der Waals surface area contributed by atoms with E-state index in [1.54, 1.807) is 12.3 Å². The number of hydrogen-bond donors (Lipinski definition) is 0. The second kappa shape index (κ2) is 5.10. The minimum Gasteiger partial charge on any atom is -0.468 e. The Kier molecular flexibility index (Phi) is 3.74. The zero-order valence-corrected chi connectivity index (χ0v) is 11.5. The van der Waals surface area contributed by atoms with Crippen LogP contribution in [-0.2, 0) is 0 Å². The minimum atomic E-state index is 0.262. The summed E-state index contributed by atoms with van der Waals surface area (Å²) in [4.78, 5) is 9.73. The third kappa shape index (κ3) is 3.01. The van der Waals surface area contributed by atoms with Gasteiger partial charge in [-0.3, -0.25) is 0 Å². The van der Waals surface area contributed by atoms with Gasteiger partial charge in [0, 0.05) is 12.0 Å². The molecule has 0 aromatic carbocycles. The van der Waals surface area contributed by atoms with E-state index in [9.17, 15) is 0 Å². The van der Waals surface area contributed by atoms with Crippen molar-refractivity contribution in [3.8, 4) is 0 Å². The summed E-state index contributed by atoms with van der Waals surface area (Å²) >= 11 is 7.52. The summed E-state index contributed by atoms with van der Waals surface area (Å²) in [5, 5.41) is 1.32. The van der Waals surface area contributed by atoms with Gasteiger partial charge in [0.1, 0.15) is 21.8 Å². The highest BCUT2D eigenvalue weighted by Crippen LogP contribution is 2.31. The molecule has 0 bridgehead atoms. The van der Waals surface area contributed by atoms with Gasteiger partial charge in [0.15, 0.2) is 0 Å². The number of rotatable bonds is 3. The summed E-state index contributed by atoms with van der Waals surface area (Å²) in [5.74, 6) is 1.91. The Hall–Kier alpha value is -1.00. The van der Waals surface area contributed by atoms with Gasteiger partial charge in [0.2, 0.25) is 0 Å². The van der Waals surface area contributed by atoms with E-state index in [0.29, 0.717) is 5.15 Å². The largest absolute Gasteiger partial charge is 0.468 e. The average Bonchev–Trinajstić information content (AvgIpc) is 2.63. The Morgan fingerprint density at radius 1 is 1.35 bits per heavy atom. The number of aryl methyl sites for hydroxylation is 1. The van der Waals surface area contributed by atoms with E-state index in [1.165, 1.54) is 11.8 Å². The van der Waals surface area contributed by atoms with Gasteiger partial charge in [-0.2, -0.15) is 0 Å². The predicted octanol–water partition coefficient (Wildman–Crippen LogP) is 4.31. The van der Waals surface area contributed by atoms with Gasteiger partial charge in [0.25, 0.3) is 0 Å². The zero-order valence-electron chi connectivity index (χ0n) is 9.90. The number of aromatic nitrogens is 2. The molecule has 3 nitrogen and oxygen atoms in total. The van der Waals surface area contributed by atoms with Gasteiger partial charge in [-0.1, -0.05) is 37.2 Å². The van der Waals surface area contributed by atoms with Crippen LogP contribution in [0.1, 0.15) is 31.4 Å². The maximum Gasteiger partial charge on any atom is 0.133 e. The van der Waals surface area contributed by atoms with Crippen molar-refractivity contribution in [1.29, 1.82) is 0 Å². The molecule has 0 saturated heterocycles. The number of nitrogens with zero attached hydrogens (tertiary/aromatic N) is 2. The summed E-state index contributed by atoms with van der Waals surface area (Å²) in [6, 6.07) is 3.69. The van der Waals surface area contributed by atoms with Gasteiger partial charge >= 0.3 is 0 Å². The smallest absolute Gasteiger partial charge is 0.133 e. The topological polar surface area (TPSA) is 38.9 Å². The number of furan rings is 1. The Morgan fingerprint density at radius 2 is 2.12 bits per heavy atom. The van der Waals surface area contributed by atoms with Crippen LogP contribution >= 0.6 is 23.4 Å². The summed E-state index contributed by atoms with van der Waals surface area (Å²) in [7, 11) is 0. The average molecular weight is 269 g/mol. The molecular weight excluding hydrogens is 256 g/mol. The fraction of sp³-hybridized carbons (Fsp3) is 0.333. The number of halogens is 1. The van der Waals surface area contributed by atoms with Crippen LogP contribution in [0.15, 0.2) is 32.7 Å². The zero-order chi connectivity index (χ0) is 12.4. The van der Waals surface area contributed by atoms with E-state index < -0.39 is 0 Å². The summed E-state index contributed by atoms with van der Waals surface area (Å²) in [6.45, 7) is 6.01. The minimum absolute atomic E-state index is 0.262. The SMILES string of the molecule is Cc1occc1Sc1cc(Cl)nc(C(C)C)n1. The molecule has 17 heavy (non-hydrogen) atoms. The van der Waals surface area contributed by atoms with Gasteiger partial charge in [0.05, 0.1) is 11.2 Å². The molecule has 5 heteroatoms. The van der Waals surface area contributed by atoms with Crippen molar-refractivity contribution in [2.45, 2.75) is 36.6 Å². The van der Waals surface area contributed by atoms with Crippen molar-refractivity contribution in [2.24, 2.45) is 0 Å². The van der Waals surface area contributed by atoms with Crippen molar-refractivity contribution >= 4 is 23.4 Å². The van der Waals surface area contributed by atoms with Crippen LogP contribution in [0.25, 0.3) is 0 Å². The first-order valence-electron chi connectivity index (χ1n) is 5.32. The molecular formula is C12H13ClN2OS. The van der Waals surface area contributed by atoms with E-state index in [4.69, 9.17) is 16.0 Å². The molecule has 0 N–H and O–H groups in total. The van der Waals surface area contributed by atoms with E-state index in [1.807, 2.05) is 26.8 Å². The van der Waals surface area contributed by atoms with Crippen molar-refractivity contribution < 1.29 is 4.42 Å². The third-order valence-corrected chi connectivity index (χ3v) is 3.49. The van der Waals surface area contributed by atoms with E-state index in [0.717, 1.165) is 21.5 Å². The molecule has 0 unspecified atom stereocenters. The van der Waals surface area contributed by atoms with E-state index in [-0.39, 0.29) is 5.92 Å². The molecule has 0 aliphatic rings. The Balaban J connectivity index is 2.30. The molecule has 0 fully saturated rings. The maximum atomic E-state index is 5.99. The molecule has 0 aliphatic carbocycles. The molecule has 0 aliphatic heterocycles. The molecule has 2 aromatic rings. The molecule has 90 valence electrons. The fourth-order valence-corrected chi connectivity index (χ4v) is 2.42. The molecule has 0 saturated carbocycles. The van der Waals surface area contributed by atoms with Crippen molar-refractivity contribution in [2.75, 3.05) is 0 Å². The lowest BCUT2D eigenvalue weighted by Crippen LogP contribution is -1.98. The highest BCUT2D eigenvalue weighted by Gasteiger charge is 2.10. The van der Waals surface area contributed by atoms with Crippen molar-refractivity contribution in [3.05, 3.63) is 35.1 Å². The molecule has 2 rings (SSSR count). The normalized spacial score (nSPS) is 11.1. The highest BCUT2D eigenvalue weighted by atomic mass is 35.5. The monoisotopic (exact) mass is 268 g/mol. The number of hydrogen-bond acceptors (Lipinski definition) is 4. The van der Waals surface area contributed by atoms with Crippen LogP contribution in [0.5, 0.6) is 0 Å². The molecule has 2 aromatic heterocycles. The first kappa shape index (κ1) is 12.5. The first-order valence-corrected chi connectivity index (χ1v) is 6.52. The molecule has 0 radical (unpaired) electrons. The van der Waals surface area contributed by atoms with Crippen molar-refractivity contribution in [3.63, 3.8) is 0 Å². The van der Waals surface area contributed by atoms with Gasteiger partial charge in [-0.05, 0) is 13.0 Å². The maximum absolute atomic E-state index is 5.99. The van der Waals surface area contributed by atoms with Crippen LogP contribution in [0, 0.1) is 6.92 Å². The van der Waals surface area contributed by atoms with Crippen LogP contribution < -0.4 is 0 Å². The summed E-state index contributed by atoms with van der Waals surface area (Å²) in [6.07, 6.45) is 1.67. The van der Waals surface area contributed by atoms with Crippen LogP contribution in [0.3, 0.4) is 0 Å². The Morgan fingerprint density at radius 3 is 2.71 bits per heavy atom. The van der Waals surface area contributed by atoms with Gasteiger partial charge < -0.3 is 4.42 Å². The van der Waals surface area contributed by atoms with E-state index in [2.05, 4.69) is 9.97 Å². The van der Waals surface area contributed by atoms with E-state index >= 15 is 0 Å². The molecule has 0 spiro atoms. The Labute approximate surface area is 110 Å². The lowest BCUT2D eigenvalue weighted by atomic mass is 10.2. The quantitative estimate of drug-likeness (QED) is 0.778. The second-order valence-corrected chi connectivity index (χ2v) is 5.43. The third-order valence-electron chi connectivity index (χ3n) is 2.23. The summed E-state index contributed by atoms with van der Waals surface area (Å²) in [5.41, 5.74) is 0. The molecule has 0 amide bonds. The molecule has 0 atom stereocenters. The second-order valence-electron chi connectivity index (χ2n) is 3.98. The predicted molar refractivity (Wildman–Crippen MR) is 68.7 cm³/mol. The fourth-order valence-electron chi connectivity index (χ4n) is 1.32. The lowest BCUT2D eigenvalue weighted by molar-refractivity contribution is 0.527.